The molecule has 0 spiro atoms. The van der Waals surface area contributed by atoms with Crippen molar-refractivity contribution in [2.45, 2.75) is 26.4 Å². The van der Waals surface area contributed by atoms with Gasteiger partial charge in [-0.05, 0) is 13.3 Å². The van der Waals surface area contributed by atoms with Gasteiger partial charge in [0, 0.05) is 0 Å². The van der Waals surface area contributed by atoms with Gasteiger partial charge in [0.05, 0.1) is 11.5 Å². The summed E-state index contributed by atoms with van der Waals surface area (Å²) in [5.74, 6) is -1.35. The lowest BCUT2D eigenvalue weighted by Crippen LogP contribution is -2.37. The first-order valence-corrected chi connectivity index (χ1v) is 3.30. The zero-order chi connectivity index (χ0) is 9.07. The minimum absolute atomic E-state index is 0.316. The Bertz CT molecular complexity index is 196. The Balaban J connectivity index is 4.53. The molecule has 0 aromatic heterocycles. The van der Waals surface area contributed by atoms with Crippen LogP contribution in [-0.2, 0) is 4.79 Å². The van der Waals surface area contributed by atoms with E-state index in [-0.39, 0.29) is 0 Å². The maximum absolute atomic E-state index is 10.3. The average molecular weight is 157 g/mol. The van der Waals surface area contributed by atoms with E-state index < -0.39 is 17.5 Å². The number of aliphatic carboxylic acids is 1. The molecule has 0 amide bonds. The van der Waals surface area contributed by atoms with E-state index in [1.54, 1.807) is 13.0 Å². The number of nitrogens with zero attached hydrogens (tertiary/aromatic N) is 1. The molecule has 2 unspecified atom stereocenters. The van der Waals surface area contributed by atoms with Crippen molar-refractivity contribution in [3.05, 3.63) is 0 Å². The Morgan fingerprint density at radius 3 is 2.36 bits per heavy atom. The van der Waals surface area contributed by atoms with Crippen LogP contribution in [0.3, 0.4) is 0 Å². The van der Waals surface area contributed by atoms with Crippen LogP contribution in [0.4, 0.5) is 0 Å². The Hall–Kier alpha value is -1.08. The minimum atomic E-state index is -1.60. The molecule has 0 rings (SSSR count). The van der Waals surface area contributed by atoms with Gasteiger partial charge in [-0.15, -0.1) is 0 Å². The van der Waals surface area contributed by atoms with Crippen molar-refractivity contribution in [2.75, 3.05) is 0 Å². The molecule has 4 nitrogen and oxygen atoms in total. The summed E-state index contributed by atoms with van der Waals surface area (Å²) in [6, 6.07) is 1.78. The highest BCUT2D eigenvalue weighted by atomic mass is 16.4. The third-order valence-electron chi connectivity index (χ3n) is 1.83. The molecule has 62 valence electrons. The van der Waals surface area contributed by atoms with Gasteiger partial charge in [0.2, 0.25) is 0 Å². The van der Waals surface area contributed by atoms with E-state index in [0.717, 1.165) is 0 Å². The van der Waals surface area contributed by atoms with Crippen molar-refractivity contribution in [1.29, 1.82) is 5.26 Å². The molecule has 0 aromatic carbocycles. The third-order valence-corrected chi connectivity index (χ3v) is 1.83. The second-order valence-corrected chi connectivity index (χ2v) is 2.62. The first-order chi connectivity index (χ1) is 4.98. The summed E-state index contributed by atoms with van der Waals surface area (Å²) in [6.07, 6.45) is -1.28. The quantitative estimate of drug-likeness (QED) is 0.620. The van der Waals surface area contributed by atoms with Crippen molar-refractivity contribution >= 4 is 5.97 Å². The number of carbonyl (C=O) groups is 1. The number of carboxylic acid groups (broad SMARTS) is 1. The summed E-state index contributed by atoms with van der Waals surface area (Å²) in [5, 5.41) is 25.9. The topological polar surface area (TPSA) is 81.3 Å². The van der Waals surface area contributed by atoms with Gasteiger partial charge in [-0.1, -0.05) is 6.92 Å². The minimum Gasteiger partial charge on any atom is -0.479 e. The summed E-state index contributed by atoms with van der Waals surface area (Å²) in [5.41, 5.74) is -1.17. The smallest absolute Gasteiger partial charge is 0.334 e. The molecule has 0 saturated heterocycles. The van der Waals surface area contributed by atoms with E-state index in [1.807, 2.05) is 0 Å². The summed E-state index contributed by atoms with van der Waals surface area (Å²) < 4.78 is 0. The summed E-state index contributed by atoms with van der Waals surface area (Å²) >= 11 is 0. The zero-order valence-electron chi connectivity index (χ0n) is 6.53. The Labute approximate surface area is 65.1 Å². The third kappa shape index (κ3) is 1.92. The van der Waals surface area contributed by atoms with Crippen LogP contribution in [0.1, 0.15) is 20.3 Å². The molecule has 2 N–H and O–H groups in total. The highest BCUT2D eigenvalue weighted by Crippen LogP contribution is 2.24. The number of hydrogen-bond acceptors (Lipinski definition) is 3. The fourth-order valence-corrected chi connectivity index (χ4v) is 0.606. The van der Waals surface area contributed by atoms with Gasteiger partial charge in [0.25, 0.3) is 0 Å². The van der Waals surface area contributed by atoms with Crippen LogP contribution in [0.5, 0.6) is 0 Å². The number of hydrogen-bond donors (Lipinski definition) is 2. The standard InChI is InChI=1S/C7H11NO3/c1-3-7(2,4-8)5(9)6(10)11/h5,9H,3H2,1-2H3,(H,10,11). The summed E-state index contributed by atoms with van der Waals surface area (Å²) in [4.78, 5) is 10.3. The van der Waals surface area contributed by atoms with Crippen molar-refractivity contribution < 1.29 is 15.0 Å². The first kappa shape index (κ1) is 9.92. The average Bonchev–Trinajstić information content (AvgIpc) is 2.01. The van der Waals surface area contributed by atoms with Gasteiger partial charge in [0.15, 0.2) is 6.10 Å². The molecule has 0 aliphatic heterocycles. The molecular weight excluding hydrogens is 146 g/mol. The molecule has 0 radical (unpaired) electrons. The number of nitriles is 1. The van der Waals surface area contributed by atoms with Gasteiger partial charge >= 0.3 is 5.97 Å². The largest absolute Gasteiger partial charge is 0.479 e. The molecule has 0 fully saturated rings. The van der Waals surface area contributed by atoms with Gasteiger partial charge < -0.3 is 10.2 Å². The van der Waals surface area contributed by atoms with Gasteiger partial charge in [-0.25, -0.2) is 4.79 Å². The van der Waals surface area contributed by atoms with Crippen molar-refractivity contribution in [1.82, 2.24) is 0 Å². The highest BCUT2D eigenvalue weighted by Gasteiger charge is 2.36. The Morgan fingerprint density at radius 1 is 1.82 bits per heavy atom. The van der Waals surface area contributed by atoms with E-state index in [4.69, 9.17) is 15.5 Å². The Kier molecular flexibility index (Phi) is 3.02. The number of rotatable bonds is 3. The van der Waals surface area contributed by atoms with E-state index in [9.17, 15) is 4.79 Å². The predicted octanol–water partition coefficient (Wildman–Crippen LogP) is 0.372. The number of aliphatic hydroxyl groups excluding tert-OH is 1. The van der Waals surface area contributed by atoms with Crippen molar-refractivity contribution in [3.63, 3.8) is 0 Å². The highest BCUT2D eigenvalue weighted by molar-refractivity contribution is 5.73. The lowest BCUT2D eigenvalue weighted by Gasteiger charge is -2.21. The van der Waals surface area contributed by atoms with E-state index in [2.05, 4.69) is 0 Å². The van der Waals surface area contributed by atoms with E-state index >= 15 is 0 Å². The molecule has 0 saturated carbocycles. The van der Waals surface area contributed by atoms with Crippen molar-refractivity contribution in [2.24, 2.45) is 5.41 Å². The SMILES string of the molecule is CCC(C)(C#N)C(O)C(=O)O. The normalized spacial score (nSPS) is 18.0. The van der Waals surface area contributed by atoms with Crippen molar-refractivity contribution in [3.8, 4) is 6.07 Å². The molecule has 0 bridgehead atoms. The molecule has 0 aliphatic rings. The summed E-state index contributed by atoms with van der Waals surface area (Å²) in [6.45, 7) is 3.08. The van der Waals surface area contributed by atoms with Crippen LogP contribution < -0.4 is 0 Å². The molecule has 0 aromatic rings. The van der Waals surface area contributed by atoms with E-state index in [1.165, 1.54) is 6.92 Å². The first-order valence-electron chi connectivity index (χ1n) is 3.30. The molecule has 2 atom stereocenters. The molecule has 0 heterocycles. The van der Waals surface area contributed by atoms with Gasteiger partial charge in [-0.2, -0.15) is 5.26 Å². The van der Waals surface area contributed by atoms with Crippen LogP contribution >= 0.6 is 0 Å². The fourth-order valence-electron chi connectivity index (χ4n) is 0.606. The molecule has 11 heavy (non-hydrogen) atoms. The number of aliphatic hydroxyl groups is 1. The van der Waals surface area contributed by atoms with Gasteiger partial charge in [-0.3, -0.25) is 0 Å². The lowest BCUT2D eigenvalue weighted by molar-refractivity contribution is -0.151. The van der Waals surface area contributed by atoms with Crippen LogP contribution in [0.2, 0.25) is 0 Å². The predicted molar refractivity (Wildman–Crippen MR) is 37.7 cm³/mol. The maximum Gasteiger partial charge on any atom is 0.334 e. The zero-order valence-corrected chi connectivity index (χ0v) is 6.53. The van der Waals surface area contributed by atoms with E-state index in [0.29, 0.717) is 6.42 Å². The fraction of sp³-hybridized carbons (Fsp3) is 0.714. The summed E-state index contributed by atoms with van der Waals surface area (Å²) in [7, 11) is 0. The van der Waals surface area contributed by atoms with Gasteiger partial charge in [0.1, 0.15) is 0 Å². The monoisotopic (exact) mass is 157 g/mol. The second kappa shape index (κ2) is 3.35. The van der Waals surface area contributed by atoms with Crippen LogP contribution in [0.25, 0.3) is 0 Å². The number of carboxylic acids is 1. The molecule has 0 aliphatic carbocycles. The Morgan fingerprint density at radius 2 is 2.27 bits per heavy atom. The van der Waals surface area contributed by atoms with Crippen LogP contribution in [0, 0.1) is 16.7 Å². The van der Waals surface area contributed by atoms with Crippen LogP contribution in [0.15, 0.2) is 0 Å². The maximum atomic E-state index is 10.3. The molecular formula is C7H11NO3. The second-order valence-electron chi connectivity index (χ2n) is 2.62. The molecule has 4 heteroatoms. The lowest BCUT2D eigenvalue weighted by atomic mass is 9.83. The van der Waals surface area contributed by atoms with Crippen LogP contribution in [-0.4, -0.2) is 22.3 Å².